The van der Waals surface area contributed by atoms with Gasteiger partial charge in [-0.3, -0.25) is 4.57 Å². The van der Waals surface area contributed by atoms with E-state index in [2.05, 4.69) is 42.5 Å². The molecule has 4 heteroatoms. The first-order valence-corrected chi connectivity index (χ1v) is 10.1. The second-order valence-corrected chi connectivity index (χ2v) is 8.56. The largest absolute Gasteiger partial charge is 0.457 e. The Hall–Kier alpha value is -3.40. The van der Waals surface area contributed by atoms with Crippen LogP contribution in [-0.2, 0) is 16.8 Å². The molecule has 0 fully saturated rings. The summed E-state index contributed by atoms with van der Waals surface area (Å²) in [6, 6.07) is 23.8. The fraction of sp³-hybridized carbons (Fsp3) is 0.231. The summed E-state index contributed by atoms with van der Waals surface area (Å²) < 4.78 is 7.62. The normalized spacial score (nSPS) is 11.6. The van der Waals surface area contributed by atoms with E-state index in [0.717, 1.165) is 28.1 Å². The van der Waals surface area contributed by atoms with Gasteiger partial charge in [0.2, 0.25) is 0 Å². The van der Waals surface area contributed by atoms with Crippen molar-refractivity contribution in [2.24, 2.45) is 0 Å². The number of rotatable bonds is 4. The fourth-order valence-electron chi connectivity index (χ4n) is 3.56. The number of aryl methyl sites for hydroxylation is 1. The predicted molar refractivity (Wildman–Crippen MR) is 120 cm³/mol. The molecule has 4 rings (SSSR count). The van der Waals surface area contributed by atoms with Crippen molar-refractivity contribution in [3.63, 3.8) is 0 Å². The summed E-state index contributed by atoms with van der Waals surface area (Å²) in [4.78, 5) is 17.2. The van der Waals surface area contributed by atoms with E-state index in [-0.39, 0.29) is 18.0 Å². The average Bonchev–Trinajstić information content (AvgIpc) is 3.07. The van der Waals surface area contributed by atoms with Gasteiger partial charge in [-0.05, 0) is 53.8 Å². The Morgan fingerprint density at radius 1 is 0.967 bits per heavy atom. The Balaban J connectivity index is 1.51. The topological polar surface area (TPSA) is 44.1 Å². The van der Waals surface area contributed by atoms with E-state index >= 15 is 0 Å². The van der Waals surface area contributed by atoms with Gasteiger partial charge in [0.15, 0.2) is 0 Å². The maximum atomic E-state index is 12.6. The Morgan fingerprint density at radius 3 is 2.33 bits per heavy atom. The minimum Gasteiger partial charge on any atom is -0.457 e. The highest BCUT2D eigenvalue weighted by atomic mass is 16.5. The Labute approximate surface area is 177 Å². The van der Waals surface area contributed by atoms with Crippen molar-refractivity contribution in [1.82, 2.24) is 9.55 Å². The maximum Gasteiger partial charge on any atom is 0.338 e. The smallest absolute Gasteiger partial charge is 0.338 e. The van der Waals surface area contributed by atoms with Crippen molar-refractivity contribution in [2.75, 3.05) is 0 Å². The van der Waals surface area contributed by atoms with E-state index < -0.39 is 0 Å². The number of aromatic nitrogens is 2. The van der Waals surface area contributed by atoms with Crippen LogP contribution in [0, 0.1) is 6.92 Å². The first-order chi connectivity index (χ1) is 14.3. The lowest BCUT2D eigenvalue weighted by atomic mass is 9.87. The molecule has 0 saturated heterocycles. The number of carbonyl (C=O) groups is 1. The van der Waals surface area contributed by atoms with Gasteiger partial charge in [-0.15, -0.1) is 0 Å². The van der Waals surface area contributed by atoms with Crippen LogP contribution in [0.5, 0.6) is 0 Å². The molecular formula is C26H26N2O2. The molecular weight excluding hydrogens is 372 g/mol. The SMILES string of the molecule is Cc1nc2cc(C(=O)OCc3ccc(C(C)(C)C)cc3)ccc2n1-c1ccccc1. The molecule has 0 saturated carbocycles. The number of carbonyl (C=O) groups excluding carboxylic acids is 1. The minimum atomic E-state index is -0.344. The number of imidazole rings is 1. The minimum absolute atomic E-state index is 0.103. The van der Waals surface area contributed by atoms with E-state index in [1.54, 1.807) is 12.1 Å². The highest BCUT2D eigenvalue weighted by molar-refractivity contribution is 5.94. The maximum absolute atomic E-state index is 12.6. The van der Waals surface area contributed by atoms with Crippen LogP contribution in [0.2, 0.25) is 0 Å². The van der Waals surface area contributed by atoms with Crippen LogP contribution in [0.3, 0.4) is 0 Å². The second-order valence-electron chi connectivity index (χ2n) is 8.56. The van der Waals surface area contributed by atoms with E-state index in [9.17, 15) is 4.79 Å². The zero-order valence-corrected chi connectivity index (χ0v) is 17.8. The first-order valence-electron chi connectivity index (χ1n) is 10.1. The summed E-state index contributed by atoms with van der Waals surface area (Å²) in [5, 5.41) is 0. The molecule has 0 aliphatic heterocycles. The molecule has 0 unspecified atom stereocenters. The van der Waals surface area contributed by atoms with Crippen LogP contribution in [0.15, 0.2) is 72.8 Å². The van der Waals surface area contributed by atoms with Crippen LogP contribution < -0.4 is 0 Å². The summed E-state index contributed by atoms with van der Waals surface area (Å²) in [5.41, 5.74) is 5.63. The van der Waals surface area contributed by atoms with Gasteiger partial charge >= 0.3 is 5.97 Å². The lowest BCUT2D eigenvalue weighted by Crippen LogP contribution is -2.11. The molecule has 152 valence electrons. The number of fused-ring (bicyclic) bond motifs is 1. The second kappa shape index (κ2) is 7.79. The standard InChI is InChI=1S/C26H26N2O2/c1-18-27-23-16-20(12-15-24(23)28(18)22-8-6-5-7-9-22)25(29)30-17-19-10-13-21(14-11-19)26(2,3)4/h5-16H,17H2,1-4H3. The highest BCUT2D eigenvalue weighted by Crippen LogP contribution is 2.24. The molecule has 30 heavy (non-hydrogen) atoms. The number of ether oxygens (including phenoxy) is 1. The lowest BCUT2D eigenvalue weighted by Gasteiger charge is -2.19. The molecule has 0 amide bonds. The third-order valence-corrected chi connectivity index (χ3v) is 5.26. The van der Waals surface area contributed by atoms with Gasteiger partial charge in [0.25, 0.3) is 0 Å². The van der Waals surface area contributed by atoms with Crippen LogP contribution in [0.4, 0.5) is 0 Å². The molecule has 1 aromatic heterocycles. The van der Waals surface area contributed by atoms with Crippen molar-refractivity contribution in [3.05, 3.63) is 95.3 Å². The summed E-state index contributed by atoms with van der Waals surface area (Å²) in [6.45, 7) is 8.75. The summed E-state index contributed by atoms with van der Waals surface area (Å²) in [7, 11) is 0. The van der Waals surface area contributed by atoms with E-state index in [1.807, 2.05) is 55.5 Å². The van der Waals surface area contributed by atoms with Gasteiger partial charge in [-0.25, -0.2) is 9.78 Å². The fourth-order valence-corrected chi connectivity index (χ4v) is 3.56. The van der Waals surface area contributed by atoms with Crippen molar-refractivity contribution in [3.8, 4) is 5.69 Å². The van der Waals surface area contributed by atoms with Crippen LogP contribution in [0.25, 0.3) is 16.7 Å². The van der Waals surface area contributed by atoms with E-state index in [0.29, 0.717) is 5.56 Å². The number of hydrogen-bond acceptors (Lipinski definition) is 3. The molecule has 0 aliphatic carbocycles. The van der Waals surface area contributed by atoms with Gasteiger partial charge in [0.1, 0.15) is 12.4 Å². The van der Waals surface area contributed by atoms with E-state index in [1.165, 1.54) is 5.56 Å². The molecule has 0 N–H and O–H groups in total. The number of esters is 1. The van der Waals surface area contributed by atoms with Gasteiger partial charge in [0.05, 0.1) is 16.6 Å². The summed E-state index contributed by atoms with van der Waals surface area (Å²) in [5.74, 6) is 0.532. The van der Waals surface area contributed by atoms with Gasteiger partial charge in [0, 0.05) is 5.69 Å². The molecule has 0 spiro atoms. The van der Waals surface area contributed by atoms with Crippen LogP contribution >= 0.6 is 0 Å². The average molecular weight is 399 g/mol. The lowest BCUT2D eigenvalue weighted by molar-refractivity contribution is 0.0473. The molecule has 3 aromatic carbocycles. The van der Waals surface area contributed by atoms with Crippen molar-refractivity contribution in [1.29, 1.82) is 0 Å². The van der Waals surface area contributed by atoms with Crippen LogP contribution in [0.1, 0.15) is 48.1 Å². The molecule has 0 bridgehead atoms. The molecule has 1 heterocycles. The molecule has 0 radical (unpaired) electrons. The first kappa shape index (κ1) is 19.9. The molecule has 0 atom stereocenters. The van der Waals surface area contributed by atoms with Gasteiger partial charge in [-0.1, -0.05) is 63.2 Å². The van der Waals surface area contributed by atoms with E-state index in [4.69, 9.17) is 4.74 Å². The van der Waals surface area contributed by atoms with Crippen molar-refractivity contribution in [2.45, 2.75) is 39.7 Å². The number of benzene rings is 3. The Morgan fingerprint density at radius 2 is 1.67 bits per heavy atom. The Bertz CT molecular complexity index is 1180. The predicted octanol–water partition coefficient (Wildman–Crippen LogP) is 5.99. The zero-order valence-electron chi connectivity index (χ0n) is 17.8. The Kier molecular flexibility index (Phi) is 5.17. The monoisotopic (exact) mass is 398 g/mol. The van der Waals surface area contributed by atoms with Crippen molar-refractivity contribution < 1.29 is 9.53 Å². The van der Waals surface area contributed by atoms with Crippen LogP contribution in [-0.4, -0.2) is 15.5 Å². The summed E-state index contributed by atoms with van der Waals surface area (Å²) in [6.07, 6.45) is 0. The quantitative estimate of drug-likeness (QED) is 0.397. The van der Waals surface area contributed by atoms with Gasteiger partial charge in [-0.2, -0.15) is 0 Å². The number of nitrogens with zero attached hydrogens (tertiary/aromatic N) is 2. The number of hydrogen-bond donors (Lipinski definition) is 0. The molecule has 4 nitrogen and oxygen atoms in total. The van der Waals surface area contributed by atoms with Crippen molar-refractivity contribution >= 4 is 17.0 Å². The third-order valence-electron chi connectivity index (χ3n) is 5.26. The molecule has 0 aliphatic rings. The summed E-state index contributed by atoms with van der Waals surface area (Å²) >= 11 is 0. The van der Waals surface area contributed by atoms with Gasteiger partial charge < -0.3 is 4.74 Å². The zero-order chi connectivity index (χ0) is 21.3. The number of para-hydroxylation sites is 1. The third kappa shape index (κ3) is 3.99. The highest BCUT2D eigenvalue weighted by Gasteiger charge is 2.15. The molecule has 4 aromatic rings.